The number of benzene rings is 1. The van der Waals surface area contributed by atoms with Crippen LogP contribution in [0.1, 0.15) is 38.2 Å². The number of hydrogen-bond donors (Lipinski definition) is 1. The van der Waals surface area contributed by atoms with E-state index in [-0.39, 0.29) is 17.9 Å². The van der Waals surface area contributed by atoms with Gasteiger partial charge in [-0.25, -0.2) is 0 Å². The number of methoxy groups -OCH3 is 1. The number of carbonyl (C=O) groups excluding carboxylic acids is 2. The monoisotopic (exact) mass is 401 g/mol. The second-order valence-corrected chi connectivity index (χ2v) is 8.76. The van der Waals surface area contributed by atoms with E-state index < -0.39 is 0 Å². The highest BCUT2D eigenvalue weighted by Crippen LogP contribution is 2.23. The molecule has 2 aliphatic heterocycles. The summed E-state index contributed by atoms with van der Waals surface area (Å²) >= 11 is 0. The summed E-state index contributed by atoms with van der Waals surface area (Å²) in [6.07, 6.45) is 4.18. The molecular formula is C23H35N3O3. The maximum absolute atomic E-state index is 13.0. The van der Waals surface area contributed by atoms with Crippen molar-refractivity contribution in [3.8, 4) is 5.75 Å². The van der Waals surface area contributed by atoms with Gasteiger partial charge in [-0.05, 0) is 44.7 Å². The van der Waals surface area contributed by atoms with E-state index in [1.807, 2.05) is 31.3 Å². The minimum atomic E-state index is 0.00250. The number of hydrogen-bond acceptors (Lipinski definition) is 4. The molecule has 6 heteroatoms. The molecule has 2 atom stereocenters. The topological polar surface area (TPSA) is 61.9 Å². The number of para-hydroxylation sites is 1. The van der Waals surface area contributed by atoms with Crippen LogP contribution >= 0.6 is 0 Å². The standard InChI is InChI=1S/C23H35N3O3/c1-17-10-12-26(13-11-17)23(28)19-8-9-20(16-25(2)15-19)24-22(27)14-18-6-4-5-7-21(18)29-3/h4-7,17,19-20H,8-16H2,1-3H3,(H,24,27)/t19-,20+/m1/s1. The average molecular weight is 402 g/mol. The minimum Gasteiger partial charge on any atom is -0.496 e. The van der Waals surface area contributed by atoms with E-state index in [1.54, 1.807) is 7.11 Å². The van der Waals surface area contributed by atoms with Crippen molar-refractivity contribution in [3.63, 3.8) is 0 Å². The largest absolute Gasteiger partial charge is 0.496 e. The molecule has 0 bridgehead atoms. The van der Waals surface area contributed by atoms with Crippen LogP contribution in [0.15, 0.2) is 24.3 Å². The smallest absolute Gasteiger partial charge is 0.226 e. The summed E-state index contributed by atoms with van der Waals surface area (Å²) in [4.78, 5) is 29.8. The van der Waals surface area contributed by atoms with Gasteiger partial charge in [-0.2, -0.15) is 0 Å². The second-order valence-electron chi connectivity index (χ2n) is 8.76. The van der Waals surface area contributed by atoms with Gasteiger partial charge < -0.3 is 19.9 Å². The molecule has 2 fully saturated rings. The lowest BCUT2D eigenvalue weighted by molar-refractivity contribution is -0.137. The van der Waals surface area contributed by atoms with Crippen molar-refractivity contribution in [2.24, 2.45) is 11.8 Å². The number of carbonyl (C=O) groups is 2. The highest BCUT2D eigenvalue weighted by atomic mass is 16.5. The van der Waals surface area contributed by atoms with Crippen LogP contribution in [0.3, 0.4) is 0 Å². The van der Waals surface area contributed by atoms with E-state index >= 15 is 0 Å². The van der Waals surface area contributed by atoms with Gasteiger partial charge in [-0.15, -0.1) is 0 Å². The fourth-order valence-corrected chi connectivity index (χ4v) is 4.52. The van der Waals surface area contributed by atoms with Gasteiger partial charge in [0.25, 0.3) is 0 Å². The Morgan fingerprint density at radius 1 is 1.10 bits per heavy atom. The first kappa shape index (κ1) is 21.6. The molecule has 0 spiro atoms. The zero-order valence-corrected chi connectivity index (χ0v) is 18.0. The summed E-state index contributed by atoms with van der Waals surface area (Å²) in [6.45, 7) is 5.58. The Morgan fingerprint density at radius 2 is 1.83 bits per heavy atom. The van der Waals surface area contributed by atoms with Crippen LogP contribution in [0.2, 0.25) is 0 Å². The fourth-order valence-electron chi connectivity index (χ4n) is 4.52. The Bertz CT molecular complexity index is 700. The lowest BCUT2D eigenvalue weighted by Crippen LogP contribution is -2.44. The Balaban J connectivity index is 1.53. The number of ether oxygens (including phenoxy) is 1. The van der Waals surface area contributed by atoms with Crippen LogP contribution in [0.4, 0.5) is 0 Å². The van der Waals surface area contributed by atoms with Crippen LogP contribution in [0.25, 0.3) is 0 Å². The number of nitrogens with one attached hydrogen (secondary N) is 1. The SMILES string of the molecule is COc1ccccc1CC(=O)N[C@H]1CC[C@@H](C(=O)N2CCC(C)CC2)CN(C)C1. The van der Waals surface area contributed by atoms with Gasteiger partial charge in [-0.3, -0.25) is 9.59 Å². The van der Waals surface area contributed by atoms with Crippen LogP contribution in [-0.2, 0) is 16.0 Å². The molecule has 1 N–H and O–H groups in total. The van der Waals surface area contributed by atoms with Crippen molar-refractivity contribution in [3.05, 3.63) is 29.8 Å². The summed E-state index contributed by atoms with van der Waals surface area (Å²) in [6, 6.07) is 7.69. The summed E-state index contributed by atoms with van der Waals surface area (Å²) < 4.78 is 5.35. The van der Waals surface area contributed by atoms with Crippen molar-refractivity contribution < 1.29 is 14.3 Å². The molecule has 2 saturated heterocycles. The van der Waals surface area contributed by atoms with Crippen molar-refractivity contribution >= 4 is 11.8 Å². The first-order chi connectivity index (χ1) is 14.0. The molecule has 0 aliphatic carbocycles. The van der Waals surface area contributed by atoms with Gasteiger partial charge in [0.05, 0.1) is 19.4 Å². The van der Waals surface area contributed by atoms with Gasteiger partial charge in [0.1, 0.15) is 5.75 Å². The Morgan fingerprint density at radius 3 is 2.55 bits per heavy atom. The highest BCUT2D eigenvalue weighted by molar-refractivity contribution is 5.80. The van der Waals surface area contributed by atoms with Crippen molar-refractivity contribution in [2.75, 3.05) is 40.3 Å². The molecule has 2 amide bonds. The van der Waals surface area contributed by atoms with Crippen molar-refractivity contribution in [1.29, 1.82) is 0 Å². The van der Waals surface area contributed by atoms with Crippen molar-refractivity contribution in [2.45, 2.75) is 45.1 Å². The molecule has 0 radical (unpaired) electrons. The fraction of sp³-hybridized carbons (Fsp3) is 0.652. The number of rotatable bonds is 5. The third-order valence-corrected chi connectivity index (χ3v) is 6.28. The first-order valence-electron chi connectivity index (χ1n) is 10.8. The van der Waals surface area contributed by atoms with Gasteiger partial charge >= 0.3 is 0 Å². The Hall–Kier alpha value is -2.08. The van der Waals surface area contributed by atoms with Crippen LogP contribution in [-0.4, -0.2) is 68.0 Å². The normalized spacial score (nSPS) is 24.0. The van der Waals surface area contributed by atoms with Crippen LogP contribution in [0.5, 0.6) is 5.75 Å². The molecule has 6 nitrogen and oxygen atoms in total. The number of nitrogens with zero attached hydrogens (tertiary/aromatic N) is 2. The van der Waals surface area contributed by atoms with E-state index in [4.69, 9.17) is 4.74 Å². The highest BCUT2D eigenvalue weighted by Gasteiger charge is 2.31. The lowest BCUT2D eigenvalue weighted by atomic mass is 9.95. The molecule has 3 rings (SSSR count). The quantitative estimate of drug-likeness (QED) is 0.823. The van der Waals surface area contributed by atoms with Gasteiger partial charge in [0.2, 0.25) is 11.8 Å². The number of likely N-dealkylation sites (N-methyl/N-ethyl adjacent to an activating group) is 1. The third kappa shape index (κ3) is 5.95. The average Bonchev–Trinajstić information content (AvgIpc) is 2.89. The first-order valence-corrected chi connectivity index (χ1v) is 10.8. The number of piperidine rings is 1. The summed E-state index contributed by atoms with van der Waals surface area (Å²) in [7, 11) is 3.67. The molecule has 1 aromatic carbocycles. The van der Waals surface area contributed by atoms with E-state index in [0.717, 1.165) is 69.1 Å². The van der Waals surface area contributed by atoms with Crippen LogP contribution < -0.4 is 10.1 Å². The number of amides is 2. The Kier molecular flexibility index (Phi) is 7.53. The van der Waals surface area contributed by atoms with Gasteiger partial charge in [0.15, 0.2) is 0 Å². The molecule has 29 heavy (non-hydrogen) atoms. The van der Waals surface area contributed by atoms with Crippen LogP contribution in [0, 0.1) is 11.8 Å². The number of likely N-dealkylation sites (tertiary alicyclic amines) is 2. The zero-order valence-electron chi connectivity index (χ0n) is 18.0. The summed E-state index contributed by atoms with van der Waals surface area (Å²) in [5.74, 6) is 1.79. The van der Waals surface area contributed by atoms with E-state index in [1.165, 1.54) is 0 Å². The lowest BCUT2D eigenvalue weighted by Gasteiger charge is -2.33. The molecule has 0 saturated carbocycles. The van der Waals surface area contributed by atoms with E-state index in [9.17, 15) is 9.59 Å². The summed E-state index contributed by atoms with van der Waals surface area (Å²) in [5, 5.41) is 3.17. The third-order valence-electron chi connectivity index (χ3n) is 6.28. The van der Waals surface area contributed by atoms with E-state index in [2.05, 4.69) is 22.0 Å². The van der Waals surface area contributed by atoms with Gasteiger partial charge in [0, 0.05) is 37.8 Å². The minimum absolute atomic E-state index is 0.00250. The predicted molar refractivity (Wildman–Crippen MR) is 114 cm³/mol. The van der Waals surface area contributed by atoms with Gasteiger partial charge in [-0.1, -0.05) is 25.1 Å². The summed E-state index contributed by atoms with van der Waals surface area (Å²) in [5.41, 5.74) is 0.891. The molecule has 160 valence electrons. The second kappa shape index (κ2) is 10.1. The molecule has 0 unspecified atom stereocenters. The maximum atomic E-state index is 13.0. The molecule has 2 aliphatic rings. The Labute approximate surface area is 174 Å². The molecule has 2 heterocycles. The van der Waals surface area contributed by atoms with Crippen molar-refractivity contribution in [1.82, 2.24) is 15.1 Å². The molecule has 1 aromatic rings. The zero-order chi connectivity index (χ0) is 20.8. The molecular weight excluding hydrogens is 366 g/mol. The maximum Gasteiger partial charge on any atom is 0.226 e. The van der Waals surface area contributed by atoms with E-state index in [0.29, 0.717) is 12.3 Å². The molecule has 0 aromatic heterocycles. The predicted octanol–water partition coefficient (Wildman–Crippen LogP) is 2.32.